The van der Waals surface area contributed by atoms with Crippen LogP contribution >= 0.6 is 0 Å². The van der Waals surface area contributed by atoms with Crippen molar-refractivity contribution in [2.24, 2.45) is 0 Å². The van der Waals surface area contributed by atoms with E-state index in [1.807, 2.05) is 12.4 Å². The molecule has 0 amide bonds. The third-order valence-electron chi connectivity index (χ3n) is 0.942. The SMILES string of the molecule is CC(C)NC=CNC(C)C. The van der Waals surface area contributed by atoms with Gasteiger partial charge >= 0.3 is 0 Å². The van der Waals surface area contributed by atoms with Gasteiger partial charge in [-0.1, -0.05) is 0 Å². The van der Waals surface area contributed by atoms with Gasteiger partial charge in [0.25, 0.3) is 0 Å². The van der Waals surface area contributed by atoms with E-state index >= 15 is 0 Å². The molecule has 10 heavy (non-hydrogen) atoms. The van der Waals surface area contributed by atoms with Gasteiger partial charge in [0.15, 0.2) is 0 Å². The first-order valence-electron chi connectivity index (χ1n) is 3.80. The van der Waals surface area contributed by atoms with Gasteiger partial charge in [-0.25, -0.2) is 0 Å². The van der Waals surface area contributed by atoms with Crippen LogP contribution in [0.15, 0.2) is 12.4 Å². The van der Waals surface area contributed by atoms with E-state index in [1.165, 1.54) is 0 Å². The van der Waals surface area contributed by atoms with Gasteiger partial charge in [-0.3, -0.25) is 0 Å². The standard InChI is InChI=1S/C8H18N2/c1-7(2)9-5-6-10-8(3)4/h5-10H,1-4H3. The topological polar surface area (TPSA) is 24.1 Å². The van der Waals surface area contributed by atoms with Crippen LogP contribution in [0.3, 0.4) is 0 Å². The molecule has 0 aromatic rings. The predicted octanol–water partition coefficient (Wildman–Crippen LogP) is 1.45. The fourth-order valence-electron chi connectivity index (χ4n) is 0.481. The smallest absolute Gasteiger partial charge is 0.0199 e. The Balaban J connectivity index is 3.20. The second kappa shape index (κ2) is 5.15. The van der Waals surface area contributed by atoms with E-state index in [0.29, 0.717) is 12.1 Å². The maximum Gasteiger partial charge on any atom is 0.0199 e. The lowest BCUT2D eigenvalue weighted by atomic mass is 10.4. The largest absolute Gasteiger partial charge is 0.388 e. The summed E-state index contributed by atoms with van der Waals surface area (Å²) in [4.78, 5) is 0. The zero-order valence-corrected chi connectivity index (χ0v) is 7.31. The Morgan fingerprint density at radius 3 is 1.30 bits per heavy atom. The van der Waals surface area contributed by atoms with Gasteiger partial charge in [0.05, 0.1) is 0 Å². The summed E-state index contributed by atoms with van der Waals surface area (Å²) >= 11 is 0. The minimum atomic E-state index is 0.519. The second-order valence-corrected chi connectivity index (χ2v) is 2.98. The average Bonchev–Trinajstić information content (AvgIpc) is 1.79. The van der Waals surface area contributed by atoms with Crippen LogP contribution in [0, 0.1) is 0 Å². The van der Waals surface area contributed by atoms with Crippen molar-refractivity contribution in [2.75, 3.05) is 0 Å². The van der Waals surface area contributed by atoms with Crippen LogP contribution in [0.5, 0.6) is 0 Å². The van der Waals surface area contributed by atoms with Crippen molar-refractivity contribution in [1.82, 2.24) is 10.6 Å². The summed E-state index contributed by atoms with van der Waals surface area (Å²) in [6.45, 7) is 8.44. The van der Waals surface area contributed by atoms with E-state index in [0.717, 1.165) is 0 Å². The fraction of sp³-hybridized carbons (Fsp3) is 0.750. The van der Waals surface area contributed by atoms with E-state index < -0.39 is 0 Å². The summed E-state index contributed by atoms with van der Waals surface area (Å²) < 4.78 is 0. The molecule has 0 saturated heterocycles. The number of rotatable bonds is 4. The van der Waals surface area contributed by atoms with Crippen LogP contribution in [0.25, 0.3) is 0 Å². The number of nitrogens with one attached hydrogen (secondary N) is 2. The second-order valence-electron chi connectivity index (χ2n) is 2.98. The zero-order valence-electron chi connectivity index (χ0n) is 7.31. The van der Waals surface area contributed by atoms with Gasteiger partial charge in [-0.05, 0) is 27.7 Å². The van der Waals surface area contributed by atoms with Crippen LogP contribution in [0.4, 0.5) is 0 Å². The molecule has 0 aliphatic carbocycles. The van der Waals surface area contributed by atoms with Crippen LogP contribution in [0.2, 0.25) is 0 Å². The van der Waals surface area contributed by atoms with Crippen molar-refractivity contribution in [3.63, 3.8) is 0 Å². The third-order valence-corrected chi connectivity index (χ3v) is 0.942. The molecule has 0 radical (unpaired) electrons. The molecule has 0 bridgehead atoms. The Bertz CT molecular complexity index is 83.4. The average molecular weight is 142 g/mol. The third kappa shape index (κ3) is 7.34. The van der Waals surface area contributed by atoms with E-state index in [2.05, 4.69) is 38.3 Å². The molecule has 2 N–H and O–H groups in total. The lowest BCUT2D eigenvalue weighted by Gasteiger charge is -2.05. The molecule has 0 spiro atoms. The van der Waals surface area contributed by atoms with E-state index in [9.17, 15) is 0 Å². The van der Waals surface area contributed by atoms with Gasteiger partial charge in [-0.2, -0.15) is 0 Å². The monoisotopic (exact) mass is 142 g/mol. The molecule has 60 valence electrons. The molecule has 0 aliphatic heterocycles. The summed E-state index contributed by atoms with van der Waals surface area (Å²) in [6, 6.07) is 1.04. The van der Waals surface area contributed by atoms with Crippen molar-refractivity contribution in [1.29, 1.82) is 0 Å². The van der Waals surface area contributed by atoms with Crippen molar-refractivity contribution in [3.8, 4) is 0 Å². The molecule has 0 aromatic carbocycles. The first kappa shape index (κ1) is 9.34. The highest BCUT2D eigenvalue weighted by atomic mass is 14.9. The Morgan fingerprint density at radius 2 is 1.10 bits per heavy atom. The minimum absolute atomic E-state index is 0.519. The quantitative estimate of drug-likeness (QED) is 0.621. The molecule has 0 aromatic heterocycles. The first-order valence-corrected chi connectivity index (χ1v) is 3.80. The lowest BCUT2D eigenvalue weighted by Crippen LogP contribution is -2.20. The Labute approximate surface area is 63.7 Å². The summed E-state index contributed by atoms with van der Waals surface area (Å²) in [5, 5.41) is 6.32. The van der Waals surface area contributed by atoms with E-state index in [1.54, 1.807) is 0 Å². The van der Waals surface area contributed by atoms with Crippen molar-refractivity contribution >= 4 is 0 Å². The molecule has 2 nitrogen and oxygen atoms in total. The Morgan fingerprint density at radius 1 is 0.800 bits per heavy atom. The highest BCUT2D eigenvalue weighted by molar-refractivity contribution is 4.79. The van der Waals surface area contributed by atoms with Crippen molar-refractivity contribution in [2.45, 2.75) is 39.8 Å². The maximum atomic E-state index is 3.16. The zero-order chi connectivity index (χ0) is 7.98. The van der Waals surface area contributed by atoms with Gasteiger partial charge in [0.2, 0.25) is 0 Å². The summed E-state index contributed by atoms with van der Waals surface area (Å²) in [6.07, 6.45) is 3.87. The first-order chi connectivity index (χ1) is 4.63. The van der Waals surface area contributed by atoms with Gasteiger partial charge in [-0.15, -0.1) is 0 Å². The molecule has 0 rings (SSSR count). The molecule has 2 heteroatoms. The summed E-state index contributed by atoms with van der Waals surface area (Å²) in [5.41, 5.74) is 0. The molecule has 0 unspecified atom stereocenters. The van der Waals surface area contributed by atoms with Crippen LogP contribution in [-0.4, -0.2) is 12.1 Å². The van der Waals surface area contributed by atoms with Crippen LogP contribution in [-0.2, 0) is 0 Å². The molecule has 0 aliphatic rings. The number of hydrogen-bond donors (Lipinski definition) is 2. The molecule has 0 atom stereocenters. The van der Waals surface area contributed by atoms with Crippen molar-refractivity contribution < 1.29 is 0 Å². The Hall–Kier alpha value is -0.660. The predicted molar refractivity (Wildman–Crippen MR) is 45.7 cm³/mol. The molecule has 0 heterocycles. The van der Waals surface area contributed by atoms with E-state index in [-0.39, 0.29) is 0 Å². The van der Waals surface area contributed by atoms with Crippen LogP contribution < -0.4 is 10.6 Å². The lowest BCUT2D eigenvalue weighted by molar-refractivity contribution is 0.672. The minimum Gasteiger partial charge on any atom is -0.388 e. The molecule has 0 saturated carbocycles. The highest BCUT2D eigenvalue weighted by Crippen LogP contribution is 1.77. The fourth-order valence-corrected chi connectivity index (χ4v) is 0.481. The van der Waals surface area contributed by atoms with Gasteiger partial charge in [0.1, 0.15) is 0 Å². The highest BCUT2D eigenvalue weighted by Gasteiger charge is 1.84. The molecular weight excluding hydrogens is 124 g/mol. The number of hydrogen-bond acceptors (Lipinski definition) is 2. The maximum absolute atomic E-state index is 3.16. The van der Waals surface area contributed by atoms with Gasteiger partial charge < -0.3 is 10.6 Å². The normalized spacial score (nSPS) is 11.4. The van der Waals surface area contributed by atoms with Crippen LogP contribution in [0.1, 0.15) is 27.7 Å². The Kier molecular flexibility index (Phi) is 4.81. The molecule has 0 fully saturated rings. The van der Waals surface area contributed by atoms with Gasteiger partial charge in [0, 0.05) is 24.5 Å². The van der Waals surface area contributed by atoms with E-state index in [4.69, 9.17) is 0 Å². The van der Waals surface area contributed by atoms with Crippen molar-refractivity contribution in [3.05, 3.63) is 12.4 Å². The summed E-state index contributed by atoms with van der Waals surface area (Å²) in [5.74, 6) is 0. The molecular formula is C8H18N2. The summed E-state index contributed by atoms with van der Waals surface area (Å²) in [7, 11) is 0.